The summed E-state index contributed by atoms with van der Waals surface area (Å²) in [6, 6.07) is 1.76. The van der Waals surface area contributed by atoms with Crippen LogP contribution in [0.3, 0.4) is 0 Å². The van der Waals surface area contributed by atoms with Crippen molar-refractivity contribution in [2.45, 2.75) is 62.9 Å². The van der Waals surface area contributed by atoms with Crippen molar-refractivity contribution >= 4 is 17.4 Å². The van der Waals surface area contributed by atoms with Crippen molar-refractivity contribution in [3.8, 4) is 0 Å². The molecule has 2 aliphatic rings. The Balaban J connectivity index is 1.26. The van der Waals surface area contributed by atoms with E-state index in [-0.39, 0.29) is 23.7 Å². The third kappa shape index (κ3) is 4.19. The van der Waals surface area contributed by atoms with E-state index in [1.54, 1.807) is 19.4 Å². The lowest BCUT2D eigenvalue weighted by Gasteiger charge is -2.19. The summed E-state index contributed by atoms with van der Waals surface area (Å²) in [4.78, 5) is 8.33. The summed E-state index contributed by atoms with van der Waals surface area (Å²) < 4.78 is 41.5. The molecule has 0 unspecified atom stereocenters. The fraction of sp³-hybridized carbons (Fsp3) is 0.571. The number of halogens is 2. The lowest BCUT2D eigenvalue weighted by atomic mass is 10.0. The number of anilines is 2. The van der Waals surface area contributed by atoms with Crippen LogP contribution in [-0.2, 0) is 16.1 Å². The highest BCUT2D eigenvalue weighted by Crippen LogP contribution is 2.39. The van der Waals surface area contributed by atoms with Crippen molar-refractivity contribution in [3.63, 3.8) is 0 Å². The first kappa shape index (κ1) is 21.2. The number of aromatic nitrogens is 5. The van der Waals surface area contributed by atoms with E-state index in [2.05, 4.69) is 37.7 Å². The van der Waals surface area contributed by atoms with Gasteiger partial charge < -0.3 is 14.8 Å². The van der Waals surface area contributed by atoms with E-state index in [1.165, 1.54) is 4.40 Å². The standard InChI is InChI=1S/C21H27F2N7O2/c1-21(5-6-21)25-11-32-16-4-3-13(18(16)23)15-7-17(29-28-15)27-20-24-8-14(22)19-26-12(10-31-2)9-30(19)20/h7-9,13,16,18,25H,3-6,10-11H2,1-2H3,(H2,24,27,28,29)/t13-,16-,18-/m0/s1. The summed E-state index contributed by atoms with van der Waals surface area (Å²) in [6.07, 6.45) is 4.80. The van der Waals surface area contributed by atoms with Crippen molar-refractivity contribution in [1.82, 2.24) is 29.9 Å². The number of ether oxygens (including phenoxy) is 2. The molecule has 0 saturated heterocycles. The molecular weight excluding hydrogens is 420 g/mol. The molecule has 3 N–H and O–H groups in total. The molecule has 0 radical (unpaired) electrons. The second kappa shape index (κ2) is 8.38. The minimum absolute atomic E-state index is 0.138. The van der Waals surface area contributed by atoms with Crippen molar-refractivity contribution in [2.24, 2.45) is 0 Å². The Morgan fingerprint density at radius 2 is 2.19 bits per heavy atom. The highest BCUT2D eigenvalue weighted by molar-refractivity contribution is 5.54. The number of hydrogen-bond acceptors (Lipinski definition) is 7. The second-order valence-electron chi connectivity index (χ2n) is 8.84. The number of hydrogen-bond donors (Lipinski definition) is 3. The zero-order chi connectivity index (χ0) is 22.3. The number of imidazole rings is 1. The Labute approximate surface area is 183 Å². The number of nitrogens with zero attached hydrogens (tertiary/aromatic N) is 4. The van der Waals surface area contributed by atoms with Crippen LogP contribution in [-0.4, -0.2) is 56.2 Å². The fourth-order valence-corrected chi connectivity index (χ4v) is 4.12. The molecule has 172 valence electrons. The van der Waals surface area contributed by atoms with Crippen molar-refractivity contribution < 1.29 is 18.3 Å². The lowest BCUT2D eigenvalue weighted by Crippen LogP contribution is -2.34. The molecule has 2 fully saturated rings. The highest BCUT2D eigenvalue weighted by Gasteiger charge is 2.40. The van der Waals surface area contributed by atoms with E-state index in [1.807, 2.05) is 0 Å². The van der Waals surface area contributed by atoms with E-state index in [0.717, 1.165) is 19.0 Å². The van der Waals surface area contributed by atoms with Gasteiger partial charge in [0.05, 0.1) is 31.3 Å². The minimum Gasteiger partial charge on any atom is -0.378 e. The van der Waals surface area contributed by atoms with Gasteiger partial charge in [-0.05, 0) is 32.6 Å². The van der Waals surface area contributed by atoms with Crippen LogP contribution in [0.5, 0.6) is 0 Å². The molecule has 32 heavy (non-hydrogen) atoms. The van der Waals surface area contributed by atoms with Crippen LogP contribution >= 0.6 is 0 Å². The zero-order valence-electron chi connectivity index (χ0n) is 18.1. The van der Waals surface area contributed by atoms with Gasteiger partial charge in [-0.1, -0.05) is 0 Å². The Kier molecular flexibility index (Phi) is 5.56. The Hall–Kier alpha value is -2.63. The summed E-state index contributed by atoms with van der Waals surface area (Å²) in [7, 11) is 1.55. The normalized spacial score (nSPS) is 24.3. The SMILES string of the molecule is COCc1cn2c(Nc3cc([C@@H]4CC[C@H](OCNC5(C)CC5)[C@H]4F)[nH]n3)ncc(F)c2n1. The van der Waals surface area contributed by atoms with Crippen LogP contribution in [0.4, 0.5) is 20.5 Å². The van der Waals surface area contributed by atoms with Crippen LogP contribution in [0.15, 0.2) is 18.5 Å². The van der Waals surface area contributed by atoms with E-state index >= 15 is 4.39 Å². The van der Waals surface area contributed by atoms with Gasteiger partial charge in [-0.3, -0.25) is 14.8 Å². The molecule has 2 aliphatic carbocycles. The molecular formula is C21H27F2N7O2. The first-order valence-corrected chi connectivity index (χ1v) is 10.8. The Bertz CT molecular complexity index is 1100. The maximum absolute atomic E-state index is 15.0. The first-order valence-electron chi connectivity index (χ1n) is 10.8. The molecule has 3 heterocycles. The van der Waals surface area contributed by atoms with Crippen molar-refractivity contribution in [2.75, 3.05) is 19.2 Å². The Morgan fingerprint density at radius 1 is 1.34 bits per heavy atom. The number of nitrogens with one attached hydrogen (secondary N) is 3. The summed E-state index contributed by atoms with van der Waals surface area (Å²) in [5.74, 6) is -0.0500. The quantitative estimate of drug-likeness (QED) is 0.433. The number of aromatic amines is 1. The van der Waals surface area contributed by atoms with Gasteiger partial charge >= 0.3 is 0 Å². The molecule has 9 nitrogen and oxygen atoms in total. The van der Waals surface area contributed by atoms with E-state index in [0.29, 0.717) is 42.7 Å². The van der Waals surface area contributed by atoms with Gasteiger partial charge in [0.15, 0.2) is 17.3 Å². The predicted molar refractivity (Wildman–Crippen MR) is 113 cm³/mol. The largest absolute Gasteiger partial charge is 0.378 e. The number of alkyl halides is 1. The number of methoxy groups -OCH3 is 1. The van der Waals surface area contributed by atoms with Crippen LogP contribution in [0.2, 0.25) is 0 Å². The van der Waals surface area contributed by atoms with Gasteiger partial charge in [0.25, 0.3) is 0 Å². The van der Waals surface area contributed by atoms with E-state index < -0.39 is 18.1 Å². The number of rotatable bonds is 9. The molecule has 0 aliphatic heterocycles. The van der Waals surface area contributed by atoms with Gasteiger partial charge in [0.1, 0.15) is 6.17 Å². The maximum Gasteiger partial charge on any atom is 0.214 e. The molecule has 0 amide bonds. The number of H-pyrrole nitrogens is 1. The third-order valence-corrected chi connectivity index (χ3v) is 6.33. The molecule has 3 aromatic heterocycles. The summed E-state index contributed by atoms with van der Waals surface area (Å²) in [5, 5.41) is 13.5. The van der Waals surface area contributed by atoms with Gasteiger partial charge in [-0.25, -0.2) is 18.7 Å². The smallest absolute Gasteiger partial charge is 0.214 e. The summed E-state index contributed by atoms with van der Waals surface area (Å²) in [6.45, 7) is 2.77. The van der Waals surface area contributed by atoms with Crippen molar-refractivity contribution in [1.29, 1.82) is 0 Å². The lowest BCUT2D eigenvalue weighted by molar-refractivity contribution is -0.00269. The highest BCUT2D eigenvalue weighted by atomic mass is 19.1. The van der Waals surface area contributed by atoms with Crippen LogP contribution in [0.25, 0.3) is 5.65 Å². The molecule has 11 heteroatoms. The van der Waals surface area contributed by atoms with Crippen LogP contribution in [0.1, 0.15) is 49.9 Å². The maximum atomic E-state index is 15.0. The molecule has 0 spiro atoms. The molecule has 5 rings (SSSR count). The van der Waals surface area contributed by atoms with Crippen LogP contribution < -0.4 is 10.6 Å². The van der Waals surface area contributed by atoms with Gasteiger partial charge in [0, 0.05) is 36.5 Å². The minimum atomic E-state index is -1.11. The number of fused-ring (bicyclic) bond motifs is 1. The molecule has 0 bridgehead atoms. The predicted octanol–water partition coefficient (Wildman–Crippen LogP) is 3.18. The van der Waals surface area contributed by atoms with Gasteiger partial charge in [0.2, 0.25) is 5.95 Å². The third-order valence-electron chi connectivity index (χ3n) is 6.33. The van der Waals surface area contributed by atoms with Crippen molar-refractivity contribution in [3.05, 3.63) is 35.7 Å². The average Bonchev–Trinajstić information content (AvgIpc) is 3.14. The topological polar surface area (TPSA) is 101 Å². The first-order chi connectivity index (χ1) is 15.5. The van der Waals surface area contributed by atoms with E-state index in [9.17, 15) is 4.39 Å². The molecule has 0 aromatic carbocycles. The molecule has 3 atom stereocenters. The molecule has 3 aromatic rings. The Morgan fingerprint density at radius 3 is 2.97 bits per heavy atom. The monoisotopic (exact) mass is 447 g/mol. The van der Waals surface area contributed by atoms with Gasteiger partial charge in [-0.2, -0.15) is 5.10 Å². The average molecular weight is 447 g/mol. The summed E-state index contributed by atoms with van der Waals surface area (Å²) >= 11 is 0. The molecule has 2 saturated carbocycles. The zero-order valence-corrected chi connectivity index (χ0v) is 18.1. The second-order valence-corrected chi connectivity index (χ2v) is 8.84. The van der Waals surface area contributed by atoms with Gasteiger partial charge in [-0.15, -0.1) is 0 Å². The van der Waals surface area contributed by atoms with Crippen LogP contribution in [0, 0.1) is 5.82 Å². The van der Waals surface area contributed by atoms with E-state index in [4.69, 9.17) is 9.47 Å². The summed E-state index contributed by atoms with van der Waals surface area (Å²) in [5.41, 5.74) is 1.57. The fourth-order valence-electron chi connectivity index (χ4n) is 4.12.